The molecule has 1 rings (SSSR count). The van der Waals surface area contributed by atoms with Crippen molar-refractivity contribution in [1.29, 1.82) is 0 Å². The minimum atomic E-state index is -0.703. The van der Waals surface area contributed by atoms with Crippen molar-refractivity contribution in [2.75, 3.05) is 26.8 Å². The van der Waals surface area contributed by atoms with E-state index in [-0.39, 0.29) is 6.42 Å². The largest absolute Gasteiger partial charge is 0.481 e. The summed E-state index contributed by atoms with van der Waals surface area (Å²) in [6.07, 6.45) is 3.16. The molecule has 0 radical (unpaired) electrons. The van der Waals surface area contributed by atoms with Gasteiger partial charge in [-0.05, 0) is 32.9 Å². The third-order valence-corrected chi connectivity index (χ3v) is 2.72. The Kier molecular flexibility index (Phi) is 4.90. The minimum absolute atomic E-state index is 0.271. The highest BCUT2D eigenvalue weighted by molar-refractivity contribution is 5.66. The van der Waals surface area contributed by atoms with Crippen molar-refractivity contribution < 1.29 is 14.6 Å². The molecular weight excluding hydrogens is 182 g/mol. The van der Waals surface area contributed by atoms with E-state index < -0.39 is 5.97 Å². The first kappa shape index (κ1) is 11.5. The summed E-state index contributed by atoms with van der Waals surface area (Å²) in [6, 6.07) is 0.581. The second kappa shape index (κ2) is 5.98. The fraction of sp³-hybridized carbons (Fsp3) is 0.900. The van der Waals surface area contributed by atoms with Gasteiger partial charge in [-0.2, -0.15) is 0 Å². The van der Waals surface area contributed by atoms with Gasteiger partial charge in [0.2, 0.25) is 0 Å². The molecule has 4 heteroatoms. The predicted octanol–water partition coefficient (Wildman–Crippen LogP) is 0.962. The lowest BCUT2D eigenvalue weighted by atomic mass is 10.1. The van der Waals surface area contributed by atoms with Crippen LogP contribution in [0.4, 0.5) is 0 Å². The van der Waals surface area contributed by atoms with Gasteiger partial charge in [-0.3, -0.25) is 4.79 Å². The number of carboxylic acids is 1. The average Bonchev–Trinajstić information content (AvgIpc) is 2.18. The van der Waals surface area contributed by atoms with E-state index in [1.165, 1.54) is 0 Å². The molecule has 0 aliphatic carbocycles. The number of nitrogens with zero attached hydrogens (tertiary/aromatic N) is 1. The maximum atomic E-state index is 10.3. The van der Waals surface area contributed by atoms with Gasteiger partial charge in [0.25, 0.3) is 0 Å². The Labute approximate surface area is 84.8 Å². The Morgan fingerprint density at radius 3 is 2.71 bits per heavy atom. The topological polar surface area (TPSA) is 49.8 Å². The average molecular weight is 201 g/mol. The molecule has 0 aromatic heterocycles. The molecule has 1 aliphatic heterocycles. The molecule has 0 aromatic rings. The molecule has 1 heterocycles. The second-order valence-electron chi connectivity index (χ2n) is 3.82. The molecule has 0 saturated carbocycles. The number of hydrogen-bond donors (Lipinski definition) is 1. The Balaban J connectivity index is 2.13. The molecule has 1 saturated heterocycles. The van der Waals surface area contributed by atoms with Crippen molar-refractivity contribution in [1.82, 2.24) is 4.90 Å². The molecule has 82 valence electrons. The number of carboxylic acid groups (broad SMARTS) is 1. The van der Waals surface area contributed by atoms with Crippen LogP contribution in [0, 0.1) is 0 Å². The van der Waals surface area contributed by atoms with E-state index in [9.17, 15) is 4.79 Å². The first-order chi connectivity index (χ1) is 6.70. The second-order valence-corrected chi connectivity index (χ2v) is 3.82. The van der Waals surface area contributed by atoms with E-state index >= 15 is 0 Å². The van der Waals surface area contributed by atoms with E-state index in [1.807, 2.05) is 0 Å². The van der Waals surface area contributed by atoms with Crippen molar-refractivity contribution >= 4 is 5.97 Å². The molecular formula is C10H19NO3. The molecule has 0 unspecified atom stereocenters. The van der Waals surface area contributed by atoms with Crippen LogP contribution in [0.25, 0.3) is 0 Å². The zero-order valence-electron chi connectivity index (χ0n) is 8.74. The normalized spacial score (nSPS) is 18.7. The molecule has 0 bridgehead atoms. The van der Waals surface area contributed by atoms with E-state index in [0.717, 1.165) is 39.0 Å². The molecule has 0 spiro atoms. The number of ether oxygens (including phenoxy) is 1. The van der Waals surface area contributed by atoms with Crippen LogP contribution in [0.2, 0.25) is 0 Å². The summed E-state index contributed by atoms with van der Waals surface area (Å²) in [5.41, 5.74) is 0. The van der Waals surface area contributed by atoms with Crippen molar-refractivity contribution in [3.63, 3.8) is 0 Å². The number of carbonyl (C=O) groups is 1. The summed E-state index contributed by atoms with van der Waals surface area (Å²) >= 11 is 0. The zero-order valence-corrected chi connectivity index (χ0v) is 8.74. The van der Waals surface area contributed by atoms with Crippen molar-refractivity contribution in [3.8, 4) is 0 Å². The smallest absolute Gasteiger partial charge is 0.303 e. The Hall–Kier alpha value is -0.610. The van der Waals surface area contributed by atoms with Gasteiger partial charge in [0.05, 0.1) is 0 Å². The van der Waals surface area contributed by atoms with Gasteiger partial charge in [0.1, 0.15) is 0 Å². The molecule has 0 atom stereocenters. The fourth-order valence-corrected chi connectivity index (χ4v) is 1.79. The monoisotopic (exact) mass is 201 g/mol. The van der Waals surface area contributed by atoms with Crippen LogP contribution < -0.4 is 0 Å². The van der Waals surface area contributed by atoms with Gasteiger partial charge in [0, 0.05) is 25.7 Å². The lowest BCUT2D eigenvalue weighted by Crippen LogP contribution is -2.37. The highest BCUT2D eigenvalue weighted by atomic mass is 16.5. The molecule has 14 heavy (non-hydrogen) atoms. The predicted molar refractivity (Wildman–Crippen MR) is 53.3 cm³/mol. The lowest BCUT2D eigenvalue weighted by Gasteiger charge is -2.30. The summed E-state index contributed by atoms with van der Waals surface area (Å²) in [4.78, 5) is 12.6. The van der Waals surface area contributed by atoms with E-state index in [4.69, 9.17) is 9.84 Å². The van der Waals surface area contributed by atoms with Crippen molar-refractivity contribution in [2.45, 2.75) is 31.7 Å². The van der Waals surface area contributed by atoms with Crippen LogP contribution in [-0.2, 0) is 9.53 Å². The molecule has 4 nitrogen and oxygen atoms in total. The standard InChI is InChI=1S/C10H19NO3/c1-11(6-2-3-10(12)13)9-4-7-14-8-5-9/h9H,2-8H2,1H3,(H,12,13). The van der Waals surface area contributed by atoms with Crippen LogP contribution in [0.3, 0.4) is 0 Å². The fourth-order valence-electron chi connectivity index (χ4n) is 1.79. The Bertz CT molecular complexity index is 178. The lowest BCUT2D eigenvalue weighted by molar-refractivity contribution is -0.137. The van der Waals surface area contributed by atoms with Gasteiger partial charge in [-0.15, -0.1) is 0 Å². The highest BCUT2D eigenvalue weighted by Crippen LogP contribution is 2.13. The first-order valence-corrected chi connectivity index (χ1v) is 5.20. The number of aliphatic carboxylic acids is 1. The molecule has 1 N–H and O–H groups in total. The van der Waals surface area contributed by atoms with Crippen LogP contribution in [0.1, 0.15) is 25.7 Å². The SMILES string of the molecule is CN(CCCC(=O)O)C1CCOCC1. The summed E-state index contributed by atoms with van der Waals surface area (Å²) in [6.45, 7) is 2.55. The summed E-state index contributed by atoms with van der Waals surface area (Å²) in [5.74, 6) is -0.703. The quantitative estimate of drug-likeness (QED) is 0.720. The van der Waals surface area contributed by atoms with Crippen molar-refractivity contribution in [2.24, 2.45) is 0 Å². The molecule has 1 aliphatic rings. The Morgan fingerprint density at radius 2 is 2.14 bits per heavy atom. The van der Waals surface area contributed by atoms with Crippen LogP contribution in [0.15, 0.2) is 0 Å². The van der Waals surface area contributed by atoms with Crippen LogP contribution >= 0.6 is 0 Å². The molecule has 0 aromatic carbocycles. The molecule has 0 amide bonds. The van der Waals surface area contributed by atoms with E-state index in [0.29, 0.717) is 6.04 Å². The zero-order chi connectivity index (χ0) is 10.4. The van der Waals surface area contributed by atoms with Gasteiger partial charge in [0.15, 0.2) is 0 Å². The Morgan fingerprint density at radius 1 is 1.50 bits per heavy atom. The molecule has 1 fully saturated rings. The van der Waals surface area contributed by atoms with E-state index in [2.05, 4.69) is 11.9 Å². The number of rotatable bonds is 5. The van der Waals surface area contributed by atoms with E-state index in [1.54, 1.807) is 0 Å². The number of hydrogen-bond acceptors (Lipinski definition) is 3. The van der Waals surface area contributed by atoms with Gasteiger partial charge < -0.3 is 14.7 Å². The highest BCUT2D eigenvalue weighted by Gasteiger charge is 2.17. The van der Waals surface area contributed by atoms with Gasteiger partial charge in [-0.1, -0.05) is 0 Å². The minimum Gasteiger partial charge on any atom is -0.481 e. The summed E-state index contributed by atoms with van der Waals surface area (Å²) in [5, 5.41) is 8.50. The maximum Gasteiger partial charge on any atom is 0.303 e. The van der Waals surface area contributed by atoms with Crippen LogP contribution in [-0.4, -0.2) is 48.8 Å². The van der Waals surface area contributed by atoms with Gasteiger partial charge in [-0.25, -0.2) is 0 Å². The third kappa shape index (κ3) is 4.07. The van der Waals surface area contributed by atoms with Crippen molar-refractivity contribution in [3.05, 3.63) is 0 Å². The summed E-state index contributed by atoms with van der Waals surface area (Å²) < 4.78 is 5.27. The van der Waals surface area contributed by atoms with Crippen LogP contribution in [0.5, 0.6) is 0 Å². The first-order valence-electron chi connectivity index (χ1n) is 5.20. The maximum absolute atomic E-state index is 10.3. The third-order valence-electron chi connectivity index (χ3n) is 2.72. The summed E-state index contributed by atoms with van der Waals surface area (Å²) in [7, 11) is 2.07. The van der Waals surface area contributed by atoms with Gasteiger partial charge >= 0.3 is 5.97 Å².